The summed E-state index contributed by atoms with van der Waals surface area (Å²) in [5, 5.41) is 9.24. The summed E-state index contributed by atoms with van der Waals surface area (Å²) in [7, 11) is 3.91. The van der Waals surface area contributed by atoms with Crippen molar-refractivity contribution in [3.05, 3.63) is 34.2 Å². The highest BCUT2D eigenvalue weighted by molar-refractivity contribution is 6.00. The van der Waals surface area contributed by atoms with Gasteiger partial charge in [0.15, 0.2) is 0 Å². The molecule has 1 atom stereocenters. The lowest BCUT2D eigenvalue weighted by Gasteiger charge is -2.25. The molecule has 0 aliphatic heterocycles. The first-order valence-corrected chi connectivity index (χ1v) is 6.94. The summed E-state index contributed by atoms with van der Waals surface area (Å²) in [6.45, 7) is 4.82. The second-order valence-corrected chi connectivity index (χ2v) is 5.88. The van der Waals surface area contributed by atoms with Gasteiger partial charge in [0.2, 0.25) is 0 Å². The molecular formula is C15H21N3O3. The fourth-order valence-corrected chi connectivity index (χ4v) is 2.62. The predicted molar refractivity (Wildman–Crippen MR) is 81.9 cm³/mol. The van der Waals surface area contributed by atoms with Crippen LogP contribution in [-0.4, -0.2) is 46.2 Å². The third-order valence-electron chi connectivity index (χ3n) is 3.64. The lowest BCUT2D eigenvalue weighted by Crippen LogP contribution is -2.33. The van der Waals surface area contributed by atoms with Crippen molar-refractivity contribution in [3.63, 3.8) is 0 Å². The zero-order valence-electron chi connectivity index (χ0n) is 12.8. The third-order valence-corrected chi connectivity index (χ3v) is 3.64. The Morgan fingerprint density at radius 3 is 2.57 bits per heavy atom. The minimum Gasteiger partial charge on any atom is -0.478 e. The lowest BCUT2D eigenvalue weighted by molar-refractivity contribution is 0.0699. The van der Waals surface area contributed by atoms with Crippen LogP contribution in [0.2, 0.25) is 0 Å². The maximum Gasteiger partial charge on any atom is 0.337 e. The molecule has 0 aliphatic carbocycles. The van der Waals surface area contributed by atoms with Crippen molar-refractivity contribution in [2.45, 2.75) is 19.9 Å². The van der Waals surface area contributed by atoms with E-state index in [4.69, 9.17) is 0 Å². The Kier molecular flexibility index (Phi) is 4.18. The van der Waals surface area contributed by atoms with Gasteiger partial charge in [0.25, 0.3) is 0 Å². The number of H-pyrrole nitrogens is 1. The second-order valence-electron chi connectivity index (χ2n) is 5.88. The number of carbonyl (C=O) groups is 1. The van der Waals surface area contributed by atoms with Crippen LogP contribution >= 0.6 is 0 Å². The van der Waals surface area contributed by atoms with Gasteiger partial charge in [-0.2, -0.15) is 0 Å². The molecule has 6 nitrogen and oxygen atoms in total. The number of aromatic amines is 1. The molecule has 0 saturated carbocycles. The molecule has 2 rings (SSSR count). The molecule has 1 aromatic carbocycles. The molecule has 21 heavy (non-hydrogen) atoms. The van der Waals surface area contributed by atoms with Gasteiger partial charge < -0.3 is 15.0 Å². The van der Waals surface area contributed by atoms with Crippen LogP contribution in [0.15, 0.2) is 23.0 Å². The Labute approximate surface area is 123 Å². The number of benzene rings is 1. The summed E-state index contributed by atoms with van der Waals surface area (Å²) in [5.74, 6) is -0.791. The largest absolute Gasteiger partial charge is 0.478 e. The molecule has 0 bridgehead atoms. The van der Waals surface area contributed by atoms with Crippen molar-refractivity contribution in [3.8, 4) is 0 Å². The minimum absolute atomic E-state index is 0.0229. The molecule has 114 valence electrons. The highest BCUT2D eigenvalue weighted by Gasteiger charge is 2.23. The summed E-state index contributed by atoms with van der Waals surface area (Å²) in [6, 6.07) is 4.93. The number of nitrogens with one attached hydrogen (secondary N) is 1. The molecule has 0 aliphatic rings. The van der Waals surface area contributed by atoms with E-state index >= 15 is 0 Å². The van der Waals surface area contributed by atoms with Gasteiger partial charge in [0, 0.05) is 6.54 Å². The van der Waals surface area contributed by atoms with Crippen LogP contribution < -0.4 is 5.69 Å². The number of fused-ring (bicyclic) bond motifs is 1. The number of aromatic nitrogens is 2. The van der Waals surface area contributed by atoms with Crippen LogP contribution in [0.25, 0.3) is 11.0 Å². The number of aromatic carboxylic acids is 1. The summed E-state index contributed by atoms with van der Waals surface area (Å²) in [4.78, 5) is 28.3. The van der Waals surface area contributed by atoms with Gasteiger partial charge in [0.1, 0.15) is 0 Å². The molecule has 6 heteroatoms. The van der Waals surface area contributed by atoms with Crippen molar-refractivity contribution >= 4 is 17.0 Å². The van der Waals surface area contributed by atoms with E-state index in [1.54, 1.807) is 16.7 Å². The van der Waals surface area contributed by atoms with Crippen LogP contribution in [0, 0.1) is 5.92 Å². The van der Waals surface area contributed by atoms with Crippen LogP contribution in [0.5, 0.6) is 0 Å². The maximum atomic E-state index is 12.3. The highest BCUT2D eigenvalue weighted by Crippen LogP contribution is 2.23. The fraction of sp³-hybridized carbons (Fsp3) is 0.467. The molecule has 0 amide bonds. The zero-order chi connectivity index (χ0) is 15.7. The van der Waals surface area contributed by atoms with Crippen LogP contribution in [0.1, 0.15) is 30.2 Å². The second kappa shape index (κ2) is 5.73. The summed E-state index contributed by atoms with van der Waals surface area (Å²) < 4.78 is 1.67. The van der Waals surface area contributed by atoms with Crippen molar-refractivity contribution in [2.24, 2.45) is 5.92 Å². The predicted octanol–water partition coefficient (Wildman–Crippen LogP) is 1.79. The topological polar surface area (TPSA) is 78.3 Å². The Morgan fingerprint density at radius 2 is 2.05 bits per heavy atom. The van der Waals surface area contributed by atoms with Gasteiger partial charge in [0.05, 0.1) is 22.6 Å². The van der Waals surface area contributed by atoms with E-state index in [0.717, 1.165) is 0 Å². The van der Waals surface area contributed by atoms with E-state index < -0.39 is 5.97 Å². The van der Waals surface area contributed by atoms with Crippen molar-refractivity contribution in [1.29, 1.82) is 0 Å². The van der Waals surface area contributed by atoms with E-state index in [1.165, 1.54) is 6.07 Å². The lowest BCUT2D eigenvalue weighted by atomic mass is 10.0. The maximum absolute atomic E-state index is 12.3. The van der Waals surface area contributed by atoms with Gasteiger partial charge >= 0.3 is 11.7 Å². The van der Waals surface area contributed by atoms with E-state index in [1.807, 2.05) is 19.0 Å². The number of hydrogen-bond acceptors (Lipinski definition) is 3. The quantitative estimate of drug-likeness (QED) is 0.880. The number of para-hydroxylation sites is 1. The number of hydrogen-bond donors (Lipinski definition) is 2. The standard InChI is InChI=1S/C15H21N3O3/c1-9(2)12(8-17(3)4)18-11-7-5-6-10(14(19)20)13(11)16-15(18)21/h5-7,9,12H,8H2,1-4H3,(H,16,21)(H,19,20). The Bertz CT molecular complexity index is 713. The van der Waals surface area contributed by atoms with Crippen LogP contribution in [-0.2, 0) is 0 Å². The average molecular weight is 291 g/mol. The fourth-order valence-electron chi connectivity index (χ4n) is 2.62. The van der Waals surface area contributed by atoms with E-state index in [0.29, 0.717) is 17.6 Å². The molecule has 1 unspecified atom stereocenters. The van der Waals surface area contributed by atoms with Gasteiger partial charge in [-0.25, -0.2) is 9.59 Å². The monoisotopic (exact) mass is 291 g/mol. The highest BCUT2D eigenvalue weighted by atomic mass is 16.4. The Balaban J connectivity index is 2.68. The van der Waals surface area contributed by atoms with Crippen LogP contribution in [0.3, 0.4) is 0 Å². The molecule has 1 aromatic heterocycles. The number of nitrogens with zero attached hydrogens (tertiary/aromatic N) is 2. The van der Waals surface area contributed by atoms with E-state index in [-0.39, 0.29) is 23.2 Å². The molecule has 0 saturated heterocycles. The Hall–Kier alpha value is -2.08. The van der Waals surface area contributed by atoms with E-state index in [9.17, 15) is 14.7 Å². The molecule has 2 N–H and O–H groups in total. The summed E-state index contributed by atoms with van der Waals surface area (Å²) >= 11 is 0. The van der Waals surface area contributed by atoms with Gasteiger partial charge in [-0.1, -0.05) is 19.9 Å². The first-order chi connectivity index (χ1) is 9.82. The molecule has 0 spiro atoms. The molecular weight excluding hydrogens is 270 g/mol. The number of carboxylic acids is 1. The first-order valence-electron chi connectivity index (χ1n) is 6.94. The SMILES string of the molecule is CC(C)C(CN(C)C)n1c(=O)[nH]c2c(C(=O)O)cccc21. The molecule has 1 heterocycles. The average Bonchev–Trinajstić information content (AvgIpc) is 2.70. The first kappa shape index (κ1) is 15.3. The van der Waals surface area contributed by atoms with Gasteiger partial charge in [-0.05, 0) is 32.1 Å². The number of carboxylic acid groups (broad SMARTS) is 1. The zero-order valence-corrected chi connectivity index (χ0v) is 12.8. The van der Waals surface area contributed by atoms with Gasteiger partial charge in [-0.3, -0.25) is 4.57 Å². The summed E-state index contributed by atoms with van der Waals surface area (Å²) in [5.41, 5.74) is 0.884. The normalized spacial score (nSPS) is 13.2. The van der Waals surface area contributed by atoms with E-state index in [2.05, 4.69) is 18.8 Å². The smallest absolute Gasteiger partial charge is 0.337 e. The van der Waals surface area contributed by atoms with Crippen molar-refractivity contribution in [1.82, 2.24) is 14.5 Å². The number of rotatable bonds is 5. The minimum atomic E-state index is -1.04. The molecule has 0 radical (unpaired) electrons. The van der Waals surface area contributed by atoms with Crippen molar-refractivity contribution in [2.75, 3.05) is 20.6 Å². The van der Waals surface area contributed by atoms with Crippen LogP contribution in [0.4, 0.5) is 0 Å². The third kappa shape index (κ3) is 2.85. The number of imidazole rings is 1. The molecule has 2 aromatic rings. The van der Waals surface area contributed by atoms with Crippen molar-refractivity contribution < 1.29 is 9.90 Å². The number of likely N-dealkylation sites (N-methyl/N-ethyl adjacent to an activating group) is 1. The Morgan fingerprint density at radius 1 is 1.38 bits per heavy atom. The van der Waals surface area contributed by atoms with Gasteiger partial charge in [-0.15, -0.1) is 0 Å². The molecule has 0 fully saturated rings. The summed E-state index contributed by atoms with van der Waals surface area (Å²) in [6.07, 6.45) is 0.